The van der Waals surface area contributed by atoms with Crippen molar-refractivity contribution >= 4 is 57.8 Å². The second-order valence-corrected chi connectivity index (χ2v) is 9.88. The molecule has 0 saturated carbocycles. The Hall–Kier alpha value is -2.15. The summed E-state index contributed by atoms with van der Waals surface area (Å²) in [5.74, 6) is -0.231. The Balaban J connectivity index is 1.98. The summed E-state index contributed by atoms with van der Waals surface area (Å²) >= 11 is 18.2. The lowest BCUT2D eigenvalue weighted by molar-refractivity contribution is -0.119. The Morgan fingerprint density at radius 1 is 1.16 bits per heavy atom. The van der Waals surface area contributed by atoms with E-state index in [0.29, 0.717) is 38.7 Å². The molecule has 31 heavy (non-hydrogen) atoms. The Kier molecular flexibility index (Phi) is 7.24. The third-order valence-electron chi connectivity index (χ3n) is 4.96. The third kappa shape index (κ3) is 5.76. The second-order valence-electron chi connectivity index (χ2n) is 8.63. The summed E-state index contributed by atoms with van der Waals surface area (Å²) in [6.07, 6.45) is 0.0305. The number of fused-ring (bicyclic) bond motifs is 1. The zero-order valence-corrected chi connectivity index (χ0v) is 20.3. The molecule has 1 aliphatic heterocycles. The number of halogens is 2. The number of carbonyl (C=O) groups is 1. The Bertz CT molecular complexity index is 1030. The van der Waals surface area contributed by atoms with Crippen molar-refractivity contribution in [3.63, 3.8) is 0 Å². The minimum Gasteiger partial charge on any atom is -0.363 e. The van der Waals surface area contributed by atoms with E-state index in [1.807, 2.05) is 24.3 Å². The van der Waals surface area contributed by atoms with Crippen LogP contribution in [-0.4, -0.2) is 36.5 Å². The monoisotopic (exact) mass is 476 g/mol. The van der Waals surface area contributed by atoms with Gasteiger partial charge >= 0.3 is 0 Å². The van der Waals surface area contributed by atoms with E-state index in [1.54, 1.807) is 30.1 Å². The van der Waals surface area contributed by atoms with Crippen molar-refractivity contribution < 1.29 is 4.79 Å². The van der Waals surface area contributed by atoms with Gasteiger partial charge in [0.15, 0.2) is 5.11 Å². The standard InChI is InChI=1S/C23H26Cl2N4OS/c1-23(2,3)11-12-26-22(31)28-20-21(30)29(4)18-10-9-14(24)13-16(18)19(27-20)15-7-5-6-8-17(15)25/h5-10,13,20H,11-12H2,1-4H3,(H2,26,28,31). The number of hydrogen-bond acceptors (Lipinski definition) is 3. The number of nitrogens with zero attached hydrogens (tertiary/aromatic N) is 2. The van der Waals surface area contributed by atoms with E-state index < -0.39 is 6.17 Å². The Morgan fingerprint density at radius 2 is 1.87 bits per heavy atom. The molecule has 1 unspecified atom stereocenters. The number of benzodiazepines with no additional fused rings is 1. The number of amides is 1. The number of likely N-dealkylation sites (N-methyl/N-ethyl adjacent to an activating group) is 1. The first-order valence-electron chi connectivity index (χ1n) is 10.0. The van der Waals surface area contributed by atoms with Gasteiger partial charge in [0, 0.05) is 34.8 Å². The molecule has 0 radical (unpaired) electrons. The van der Waals surface area contributed by atoms with Crippen LogP contribution in [0.5, 0.6) is 0 Å². The van der Waals surface area contributed by atoms with E-state index in [9.17, 15) is 4.79 Å². The largest absolute Gasteiger partial charge is 0.363 e. The molecule has 2 N–H and O–H groups in total. The van der Waals surface area contributed by atoms with Crippen molar-refractivity contribution in [3.05, 3.63) is 63.6 Å². The fourth-order valence-corrected chi connectivity index (χ4v) is 3.85. The maximum atomic E-state index is 13.2. The molecule has 1 aliphatic rings. The van der Waals surface area contributed by atoms with Gasteiger partial charge < -0.3 is 15.5 Å². The van der Waals surface area contributed by atoms with Crippen LogP contribution < -0.4 is 15.5 Å². The average molecular weight is 477 g/mol. The van der Waals surface area contributed by atoms with E-state index in [4.69, 9.17) is 40.4 Å². The first kappa shape index (κ1) is 23.5. The van der Waals surface area contributed by atoms with Crippen molar-refractivity contribution in [3.8, 4) is 0 Å². The molecule has 3 rings (SSSR count). The SMILES string of the molecule is CN1C(=O)C(NC(=S)NCCC(C)(C)C)N=C(c2ccccc2Cl)c2cc(Cl)ccc21. The van der Waals surface area contributed by atoms with Gasteiger partial charge in [0.2, 0.25) is 6.17 Å². The van der Waals surface area contributed by atoms with Gasteiger partial charge in [-0.2, -0.15) is 0 Å². The molecule has 0 spiro atoms. The van der Waals surface area contributed by atoms with Crippen LogP contribution in [0.2, 0.25) is 10.0 Å². The topological polar surface area (TPSA) is 56.7 Å². The number of benzene rings is 2. The number of aliphatic imine (C=N–C) groups is 1. The van der Waals surface area contributed by atoms with Crippen LogP contribution in [0.25, 0.3) is 0 Å². The third-order valence-corrected chi connectivity index (χ3v) is 5.78. The van der Waals surface area contributed by atoms with E-state index in [1.165, 1.54) is 0 Å². The highest BCUT2D eigenvalue weighted by atomic mass is 35.5. The van der Waals surface area contributed by atoms with Crippen molar-refractivity contribution in [1.82, 2.24) is 10.6 Å². The lowest BCUT2D eigenvalue weighted by atomic mass is 9.92. The predicted molar refractivity (Wildman–Crippen MR) is 134 cm³/mol. The first-order chi connectivity index (χ1) is 14.6. The van der Waals surface area contributed by atoms with Gasteiger partial charge in [0.1, 0.15) is 0 Å². The molecular formula is C23H26Cl2N4OS. The molecule has 164 valence electrons. The number of rotatable bonds is 4. The summed E-state index contributed by atoms with van der Waals surface area (Å²) < 4.78 is 0. The molecular weight excluding hydrogens is 451 g/mol. The molecule has 2 aromatic rings. The molecule has 1 heterocycles. The lowest BCUT2D eigenvalue weighted by Crippen LogP contribution is -2.49. The summed E-state index contributed by atoms with van der Waals surface area (Å²) in [5, 5.41) is 7.69. The smallest absolute Gasteiger partial charge is 0.272 e. The predicted octanol–water partition coefficient (Wildman–Crippen LogP) is 5.03. The van der Waals surface area contributed by atoms with E-state index in [2.05, 4.69) is 31.4 Å². The first-order valence-corrected chi connectivity index (χ1v) is 11.2. The Morgan fingerprint density at radius 3 is 2.55 bits per heavy atom. The normalized spacial score (nSPS) is 16.3. The maximum absolute atomic E-state index is 13.2. The molecule has 1 atom stereocenters. The zero-order chi connectivity index (χ0) is 22.8. The molecule has 5 nitrogen and oxygen atoms in total. The molecule has 8 heteroatoms. The molecule has 0 aliphatic carbocycles. The Labute approximate surface area is 198 Å². The van der Waals surface area contributed by atoms with Crippen LogP contribution >= 0.6 is 35.4 Å². The van der Waals surface area contributed by atoms with Crippen LogP contribution in [0.4, 0.5) is 5.69 Å². The summed E-state index contributed by atoms with van der Waals surface area (Å²) in [5.41, 5.74) is 2.90. The summed E-state index contributed by atoms with van der Waals surface area (Å²) in [6.45, 7) is 7.19. The van der Waals surface area contributed by atoms with E-state index in [0.717, 1.165) is 12.0 Å². The van der Waals surface area contributed by atoms with Crippen LogP contribution in [0, 0.1) is 5.41 Å². The van der Waals surface area contributed by atoms with Crippen molar-refractivity contribution in [2.75, 3.05) is 18.5 Å². The van der Waals surface area contributed by atoms with E-state index >= 15 is 0 Å². The number of anilines is 1. The molecule has 0 aromatic heterocycles. The van der Waals surface area contributed by atoms with Crippen molar-refractivity contribution in [1.29, 1.82) is 0 Å². The van der Waals surface area contributed by atoms with Gasteiger partial charge in [-0.05, 0) is 48.3 Å². The molecule has 2 aromatic carbocycles. The van der Waals surface area contributed by atoms with Crippen molar-refractivity contribution in [2.24, 2.45) is 10.4 Å². The summed E-state index contributed by atoms with van der Waals surface area (Å²) in [7, 11) is 1.71. The highest BCUT2D eigenvalue weighted by Gasteiger charge is 2.31. The van der Waals surface area contributed by atoms with Crippen LogP contribution in [0.3, 0.4) is 0 Å². The van der Waals surface area contributed by atoms with Gasteiger partial charge in [-0.15, -0.1) is 0 Å². The van der Waals surface area contributed by atoms with Gasteiger partial charge in [0.25, 0.3) is 5.91 Å². The van der Waals surface area contributed by atoms with Crippen LogP contribution in [0.1, 0.15) is 38.3 Å². The number of carbonyl (C=O) groups excluding carboxylic acids is 1. The average Bonchev–Trinajstić information content (AvgIpc) is 2.78. The minimum atomic E-state index is -0.905. The fourth-order valence-electron chi connectivity index (χ4n) is 3.23. The van der Waals surface area contributed by atoms with Gasteiger partial charge in [0.05, 0.1) is 11.4 Å². The highest BCUT2D eigenvalue weighted by Crippen LogP contribution is 2.31. The van der Waals surface area contributed by atoms with Crippen LogP contribution in [0.15, 0.2) is 47.5 Å². The van der Waals surface area contributed by atoms with Gasteiger partial charge in [-0.25, -0.2) is 4.99 Å². The maximum Gasteiger partial charge on any atom is 0.272 e. The second kappa shape index (κ2) is 9.55. The highest BCUT2D eigenvalue weighted by molar-refractivity contribution is 7.80. The number of hydrogen-bond donors (Lipinski definition) is 2. The van der Waals surface area contributed by atoms with Crippen molar-refractivity contribution in [2.45, 2.75) is 33.4 Å². The lowest BCUT2D eigenvalue weighted by Gasteiger charge is -2.23. The minimum absolute atomic E-state index is 0.178. The molecule has 1 amide bonds. The summed E-state index contributed by atoms with van der Waals surface area (Å²) in [4.78, 5) is 19.6. The summed E-state index contributed by atoms with van der Waals surface area (Å²) in [6, 6.07) is 12.8. The number of thiocarbonyl (C=S) groups is 1. The van der Waals surface area contributed by atoms with E-state index in [-0.39, 0.29) is 11.3 Å². The van der Waals surface area contributed by atoms with Gasteiger partial charge in [-0.1, -0.05) is 62.2 Å². The van der Waals surface area contributed by atoms with Gasteiger partial charge in [-0.3, -0.25) is 4.79 Å². The number of nitrogens with one attached hydrogen (secondary N) is 2. The molecule has 0 fully saturated rings. The van der Waals surface area contributed by atoms with Crippen LogP contribution in [-0.2, 0) is 4.79 Å². The molecule has 0 saturated heterocycles. The molecule has 0 bridgehead atoms. The quantitative estimate of drug-likeness (QED) is 0.607. The zero-order valence-electron chi connectivity index (χ0n) is 18.0. The fraction of sp³-hybridized carbons (Fsp3) is 0.348.